The fourth-order valence-corrected chi connectivity index (χ4v) is 2.72. The van der Waals surface area contributed by atoms with Crippen molar-refractivity contribution in [1.82, 2.24) is 0 Å². The van der Waals surface area contributed by atoms with Gasteiger partial charge in [-0.25, -0.2) is 0 Å². The number of carbonyl (C=O) groups excluding carboxylic acids is 2. The monoisotopic (exact) mass is 176 g/mol. The van der Waals surface area contributed by atoms with Crippen LogP contribution in [-0.2, 0) is 18.4 Å². The molecule has 0 aromatic carbocycles. The third kappa shape index (κ3) is 1.73. The van der Waals surface area contributed by atoms with Gasteiger partial charge < -0.3 is 8.85 Å². The minimum Gasteiger partial charge on any atom is -0.388 e. The lowest BCUT2D eigenvalue weighted by molar-refractivity contribution is -0.119. The molecule has 0 radical (unpaired) electrons. The summed E-state index contributed by atoms with van der Waals surface area (Å²) in [4.78, 5) is 21.9. The van der Waals surface area contributed by atoms with Crippen molar-refractivity contribution in [2.45, 2.75) is 13.8 Å². The molecule has 0 aromatic heterocycles. The summed E-state index contributed by atoms with van der Waals surface area (Å²) in [6.07, 6.45) is 0. The second-order valence-corrected chi connectivity index (χ2v) is 5.60. The molecule has 4 nitrogen and oxygen atoms in total. The van der Waals surface area contributed by atoms with E-state index in [4.69, 9.17) is 8.85 Å². The third-order valence-electron chi connectivity index (χ3n) is 1.50. The molecule has 64 valence electrons. The average molecular weight is 176 g/mol. The maximum atomic E-state index is 11.0. The Morgan fingerprint density at radius 2 is 1.27 bits per heavy atom. The fourth-order valence-electron chi connectivity index (χ4n) is 0.906. The number of hydrogen-bond donors (Lipinski definition) is 0. The van der Waals surface area contributed by atoms with Crippen LogP contribution < -0.4 is 0 Å². The van der Waals surface area contributed by atoms with E-state index in [0.717, 1.165) is 0 Å². The fraction of sp³-hybridized carbons (Fsp3) is 0.667. The topological polar surface area (TPSA) is 52.6 Å². The van der Waals surface area contributed by atoms with E-state index >= 15 is 0 Å². The number of hydrogen-bond acceptors (Lipinski definition) is 4. The summed E-state index contributed by atoms with van der Waals surface area (Å²) < 4.78 is 9.66. The van der Waals surface area contributed by atoms with Crippen LogP contribution in [0.4, 0.5) is 0 Å². The van der Waals surface area contributed by atoms with Gasteiger partial charge >= 0.3 is 8.56 Å². The van der Waals surface area contributed by atoms with Gasteiger partial charge in [0.25, 0.3) is 0 Å². The molecule has 0 rings (SSSR count). The van der Waals surface area contributed by atoms with E-state index in [9.17, 15) is 9.59 Å². The lowest BCUT2D eigenvalue weighted by Gasteiger charge is -2.20. The van der Waals surface area contributed by atoms with Crippen molar-refractivity contribution >= 4 is 19.4 Å². The largest absolute Gasteiger partial charge is 0.479 e. The molecule has 0 bridgehead atoms. The van der Waals surface area contributed by atoms with Gasteiger partial charge in [-0.15, -0.1) is 0 Å². The van der Waals surface area contributed by atoms with Crippen LogP contribution in [0.25, 0.3) is 0 Å². The van der Waals surface area contributed by atoms with Crippen LogP contribution in [-0.4, -0.2) is 33.6 Å². The second kappa shape index (κ2) is 3.75. The van der Waals surface area contributed by atoms with E-state index < -0.39 is 8.56 Å². The Labute approximate surface area is 66.7 Å². The summed E-state index contributed by atoms with van der Waals surface area (Å²) in [5.41, 5.74) is 0. The molecule has 0 amide bonds. The molecule has 0 fully saturated rings. The first kappa shape index (κ1) is 10.5. The Hall–Kier alpha value is -0.523. The minimum atomic E-state index is -3.18. The van der Waals surface area contributed by atoms with Crippen LogP contribution in [0.3, 0.4) is 0 Å². The molecule has 11 heavy (non-hydrogen) atoms. The molecule has 0 atom stereocenters. The third-order valence-corrected chi connectivity index (χ3v) is 4.51. The Bertz CT molecular complexity index is 157. The molecule has 0 aliphatic carbocycles. The highest BCUT2D eigenvalue weighted by molar-refractivity contribution is 7.17. The first-order chi connectivity index (χ1) is 5.01. The molecule has 0 heterocycles. The summed E-state index contributed by atoms with van der Waals surface area (Å²) in [7, 11) is -0.540. The van der Waals surface area contributed by atoms with Crippen molar-refractivity contribution < 1.29 is 18.4 Å². The summed E-state index contributed by atoms with van der Waals surface area (Å²) >= 11 is 0. The Morgan fingerprint density at radius 3 is 1.27 bits per heavy atom. The van der Waals surface area contributed by atoms with Crippen molar-refractivity contribution in [3.63, 3.8) is 0 Å². The quantitative estimate of drug-likeness (QED) is 0.565. The zero-order valence-corrected chi connectivity index (χ0v) is 8.13. The van der Waals surface area contributed by atoms with Gasteiger partial charge in [0, 0.05) is 14.2 Å². The molecule has 0 N–H and O–H groups in total. The summed E-state index contributed by atoms with van der Waals surface area (Å²) in [6.45, 7) is 2.61. The first-order valence-electron chi connectivity index (χ1n) is 3.13. The van der Waals surface area contributed by atoms with E-state index in [1.807, 2.05) is 0 Å². The predicted octanol–water partition coefficient (Wildman–Crippen LogP) is -0.0222. The van der Waals surface area contributed by atoms with Crippen molar-refractivity contribution in [3.05, 3.63) is 0 Å². The van der Waals surface area contributed by atoms with Crippen LogP contribution >= 0.6 is 0 Å². The highest BCUT2D eigenvalue weighted by Gasteiger charge is 2.47. The van der Waals surface area contributed by atoms with Gasteiger partial charge in [-0.1, -0.05) is 0 Å². The smallest absolute Gasteiger partial charge is 0.388 e. The highest BCUT2D eigenvalue weighted by Crippen LogP contribution is 2.07. The zero-order valence-electron chi connectivity index (χ0n) is 7.13. The Morgan fingerprint density at radius 1 is 1.00 bits per heavy atom. The maximum absolute atomic E-state index is 11.0. The van der Waals surface area contributed by atoms with Gasteiger partial charge in [0.15, 0.2) is 10.8 Å². The van der Waals surface area contributed by atoms with Gasteiger partial charge in [-0.2, -0.15) is 0 Å². The molecular weight excluding hydrogens is 164 g/mol. The van der Waals surface area contributed by atoms with Crippen LogP contribution in [0.5, 0.6) is 0 Å². The molecule has 0 aromatic rings. The predicted molar refractivity (Wildman–Crippen MR) is 41.1 cm³/mol. The van der Waals surface area contributed by atoms with Gasteiger partial charge in [0.05, 0.1) is 0 Å². The van der Waals surface area contributed by atoms with Gasteiger partial charge in [0.2, 0.25) is 0 Å². The highest BCUT2D eigenvalue weighted by atomic mass is 28.4. The molecular formula is C6H12O4Si. The van der Waals surface area contributed by atoms with Crippen LogP contribution in [0.15, 0.2) is 0 Å². The van der Waals surface area contributed by atoms with E-state index in [-0.39, 0.29) is 10.8 Å². The van der Waals surface area contributed by atoms with Crippen molar-refractivity contribution in [2.24, 2.45) is 0 Å². The molecule has 0 saturated carbocycles. The Balaban J connectivity index is 4.76. The minimum absolute atomic E-state index is 0.310. The molecule has 0 saturated heterocycles. The molecule has 0 aliphatic rings. The summed E-state index contributed by atoms with van der Waals surface area (Å²) in [5, 5.41) is -0.620. The van der Waals surface area contributed by atoms with Crippen molar-refractivity contribution in [3.8, 4) is 0 Å². The molecule has 5 heteroatoms. The van der Waals surface area contributed by atoms with Crippen molar-refractivity contribution in [2.75, 3.05) is 14.2 Å². The van der Waals surface area contributed by atoms with Crippen molar-refractivity contribution in [1.29, 1.82) is 0 Å². The lowest BCUT2D eigenvalue weighted by atomic mass is 10.9. The molecule has 0 unspecified atom stereocenters. The standard InChI is InChI=1S/C6H12O4Si/c1-5(7)11(9-3,10-4)6(2)8/h1-4H3. The van der Waals surface area contributed by atoms with Gasteiger partial charge in [-0.05, 0) is 13.8 Å². The lowest BCUT2D eigenvalue weighted by Crippen LogP contribution is -2.54. The Kier molecular flexibility index (Phi) is 3.57. The molecule has 0 aliphatic heterocycles. The van der Waals surface area contributed by atoms with Crippen LogP contribution in [0.2, 0.25) is 0 Å². The van der Waals surface area contributed by atoms with E-state index in [1.54, 1.807) is 0 Å². The van der Waals surface area contributed by atoms with Crippen LogP contribution in [0.1, 0.15) is 13.8 Å². The normalized spacial score (nSPS) is 11.3. The van der Waals surface area contributed by atoms with E-state index in [2.05, 4.69) is 0 Å². The number of carbonyl (C=O) groups is 2. The van der Waals surface area contributed by atoms with E-state index in [1.165, 1.54) is 28.1 Å². The van der Waals surface area contributed by atoms with E-state index in [0.29, 0.717) is 0 Å². The first-order valence-corrected chi connectivity index (χ1v) is 4.95. The zero-order chi connectivity index (χ0) is 9.07. The number of rotatable bonds is 4. The van der Waals surface area contributed by atoms with Crippen LogP contribution in [0, 0.1) is 0 Å². The summed E-state index contributed by atoms with van der Waals surface area (Å²) in [6, 6.07) is 0. The average Bonchev–Trinajstić information content (AvgIpc) is 1.90. The van der Waals surface area contributed by atoms with Gasteiger partial charge in [0.1, 0.15) is 0 Å². The maximum Gasteiger partial charge on any atom is 0.479 e. The molecule has 0 spiro atoms. The second-order valence-electron chi connectivity index (χ2n) is 2.14. The SMILES string of the molecule is CO[Si](OC)(C(C)=O)C(C)=O. The van der Waals surface area contributed by atoms with Gasteiger partial charge in [-0.3, -0.25) is 9.59 Å². The summed E-state index contributed by atoms with van der Waals surface area (Å²) in [5.74, 6) is 0.